The van der Waals surface area contributed by atoms with E-state index in [0.717, 1.165) is 21.9 Å². The fourth-order valence-corrected chi connectivity index (χ4v) is 2.17. The van der Waals surface area contributed by atoms with Gasteiger partial charge in [0, 0.05) is 11.5 Å². The predicted molar refractivity (Wildman–Crippen MR) is 67.0 cm³/mol. The molecule has 0 aliphatic heterocycles. The summed E-state index contributed by atoms with van der Waals surface area (Å²) in [6, 6.07) is 7.48. The Labute approximate surface area is 95.8 Å². The van der Waals surface area contributed by atoms with Gasteiger partial charge in [0.05, 0.1) is 4.60 Å². The van der Waals surface area contributed by atoms with Gasteiger partial charge in [-0.15, -0.1) is 0 Å². The lowest BCUT2D eigenvalue weighted by molar-refractivity contribution is 1.23. The number of fused-ring (bicyclic) bond motifs is 1. The Morgan fingerprint density at radius 3 is 2.80 bits per heavy atom. The quantitative estimate of drug-likeness (QED) is 0.787. The molecule has 0 aliphatic carbocycles. The van der Waals surface area contributed by atoms with Crippen LogP contribution in [0.3, 0.4) is 0 Å². The van der Waals surface area contributed by atoms with E-state index in [1.165, 1.54) is 0 Å². The molecule has 2 rings (SSSR count). The molecule has 1 aromatic carbocycles. The molecule has 0 saturated carbocycles. The van der Waals surface area contributed by atoms with E-state index in [9.17, 15) is 4.79 Å². The van der Waals surface area contributed by atoms with Crippen LogP contribution in [0.2, 0.25) is 0 Å². The van der Waals surface area contributed by atoms with E-state index < -0.39 is 0 Å². The molecule has 76 valence electrons. The summed E-state index contributed by atoms with van der Waals surface area (Å²) in [4.78, 5) is 14.1. The molecule has 0 unspecified atom stereocenters. The number of allylic oxidation sites excluding steroid dienone is 1. The van der Waals surface area contributed by atoms with Gasteiger partial charge in [0.1, 0.15) is 0 Å². The molecule has 0 saturated heterocycles. The summed E-state index contributed by atoms with van der Waals surface area (Å²) in [5, 5.41) is 1.93. The molecule has 0 fully saturated rings. The van der Waals surface area contributed by atoms with Crippen LogP contribution < -0.4 is 5.56 Å². The molecule has 0 atom stereocenters. The molecular weight excluding hydrogens is 254 g/mol. The minimum atomic E-state index is -0.108. The first-order chi connectivity index (χ1) is 7.09. The summed E-state index contributed by atoms with van der Waals surface area (Å²) in [6.07, 6.45) is 0. The van der Waals surface area contributed by atoms with Crippen molar-refractivity contribution in [1.82, 2.24) is 4.98 Å². The summed E-state index contributed by atoms with van der Waals surface area (Å²) in [7, 11) is 0. The fourth-order valence-electron chi connectivity index (χ4n) is 1.63. The zero-order chi connectivity index (χ0) is 11.0. The van der Waals surface area contributed by atoms with Gasteiger partial charge in [-0.3, -0.25) is 4.79 Å². The van der Waals surface area contributed by atoms with Gasteiger partial charge < -0.3 is 4.98 Å². The maximum absolute atomic E-state index is 11.4. The Morgan fingerprint density at radius 1 is 1.40 bits per heavy atom. The zero-order valence-corrected chi connectivity index (χ0v) is 9.89. The average molecular weight is 264 g/mol. The molecule has 1 aromatic heterocycles. The Hall–Kier alpha value is -1.35. The Bertz CT molecular complexity index is 598. The van der Waals surface area contributed by atoms with Crippen LogP contribution in [-0.4, -0.2) is 4.98 Å². The third kappa shape index (κ3) is 1.75. The van der Waals surface area contributed by atoms with E-state index in [4.69, 9.17) is 0 Å². The van der Waals surface area contributed by atoms with Gasteiger partial charge in [-0.25, -0.2) is 0 Å². The first-order valence-electron chi connectivity index (χ1n) is 4.57. The van der Waals surface area contributed by atoms with Crippen LogP contribution in [0.25, 0.3) is 16.3 Å². The van der Waals surface area contributed by atoms with Gasteiger partial charge in [-0.2, -0.15) is 0 Å². The van der Waals surface area contributed by atoms with Crippen molar-refractivity contribution in [3.63, 3.8) is 0 Å². The summed E-state index contributed by atoms with van der Waals surface area (Å²) < 4.78 is 0.716. The van der Waals surface area contributed by atoms with Gasteiger partial charge in [0.2, 0.25) is 5.56 Å². The minimum Gasteiger partial charge on any atom is -0.316 e. The predicted octanol–water partition coefficient (Wildman–Crippen LogP) is 3.32. The SMILES string of the molecule is C=C(C)c1cccc2c(Br)[nH]c(=O)cc12. The highest BCUT2D eigenvalue weighted by Crippen LogP contribution is 2.26. The summed E-state index contributed by atoms with van der Waals surface area (Å²) in [5.41, 5.74) is 1.86. The van der Waals surface area contributed by atoms with Crippen LogP contribution in [0.1, 0.15) is 12.5 Å². The normalized spacial score (nSPS) is 10.5. The highest BCUT2D eigenvalue weighted by atomic mass is 79.9. The van der Waals surface area contributed by atoms with Crippen LogP contribution in [0, 0.1) is 0 Å². The van der Waals surface area contributed by atoms with Crippen molar-refractivity contribution >= 4 is 32.3 Å². The Kier molecular flexibility index (Phi) is 2.49. The first kappa shape index (κ1) is 10.2. The van der Waals surface area contributed by atoms with E-state index in [0.29, 0.717) is 4.60 Å². The van der Waals surface area contributed by atoms with E-state index >= 15 is 0 Å². The topological polar surface area (TPSA) is 32.9 Å². The number of pyridine rings is 1. The number of benzene rings is 1. The lowest BCUT2D eigenvalue weighted by Gasteiger charge is -2.06. The fraction of sp³-hybridized carbons (Fsp3) is 0.0833. The smallest absolute Gasteiger partial charge is 0.249 e. The summed E-state index contributed by atoms with van der Waals surface area (Å²) in [5.74, 6) is 0. The monoisotopic (exact) mass is 263 g/mol. The molecule has 2 aromatic rings. The molecule has 0 bridgehead atoms. The maximum atomic E-state index is 11.4. The number of nitrogens with one attached hydrogen (secondary N) is 1. The summed E-state index contributed by atoms with van der Waals surface area (Å²) in [6.45, 7) is 5.84. The molecule has 0 aliphatic rings. The number of aromatic amines is 1. The minimum absolute atomic E-state index is 0.108. The van der Waals surface area contributed by atoms with Crippen LogP contribution >= 0.6 is 15.9 Å². The lowest BCUT2D eigenvalue weighted by Crippen LogP contribution is -2.04. The summed E-state index contributed by atoms with van der Waals surface area (Å²) >= 11 is 3.35. The van der Waals surface area contributed by atoms with E-state index in [1.54, 1.807) is 6.07 Å². The molecule has 3 heteroatoms. The van der Waals surface area contributed by atoms with Crippen molar-refractivity contribution in [3.8, 4) is 0 Å². The molecule has 0 spiro atoms. The molecule has 1 N–H and O–H groups in total. The second kappa shape index (κ2) is 3.66. The van der Waals surface area contributed by atoms with Crippen LogP contribution in [0.15, 0.2) is 40.2 Å². The van der Waals surface area contributed by atoms with Crippen molar-refractivity contribution < 1.29 is 0 Å². The van der Waals surface area contributed by atoms with E-state index in [2.05, 4.69) is 27.5 Å². The molecular formula is C12H10BrNO. The van der Waals surface area contributed by atoms with Crippen molar-refractivity contribution in [2.45, 2.75) is 6.92 Å². The number of rotatable bonds is 1. The van der Waals surface area contributed by atoms with Crippen LogP contribution in [0.4, 0.5) is 0 Å². The number of hydrogen-bond acceptors (Lipinski definition) is 1. The number of aromatic nitrogens is 1. The number of hydrogen-bond donors (Lipinski definition) is 1. The molecule has 15 heavy (non-hydrogen) atoms. The lowest BCUT2D eigenvalue weighted by atomic mass is 10.0. The van der Waals surface area contributed by atoms with E-state index in [-0.39, 0.29) is 5.56 Å². The molecule has 2 nitrogen and oxygen atoms in total. The van der Waals surface area contributed by atoms with Crippen molar-refractivity contribution in [2.75, 3.05) is 0 Å². The molecule has 0 radical (unpaired) electrons. The van der Waals surface area contributed by atoms with Gasteiger partial charge in [0.25, 0.3) is 0 Å². The van der Waals surface area contributed by atoms with Gasteiger partial charge in [-0.05, 0) is 33.8 Å². The van der Waals surface area contributed by atoms with Crippen molar-refractivity contribution in [2.24, 2.45) is 0 Å². The maximum Gasteiger partial charge on any atom is 0.249 e. The number of H-pyrrole nitrogens is 1. The molecule has 1 heterocycles. The molecule has 0 amide bonds. The zero-order valence-electron chi connectivity index (χ0n) is 8.30. The Morgan fingerprint density at radius 2 is 2.13 bits per heavy atom. The number of halogens is 1. The van der Waals surface area contributed by atoms with Gasteiger partial charge in [-0.1, -0.05) is 30.4 Å². The third-order valence-corrected chi connectivity index (χ3v) is 2.94. The van der Waals surface area contributed by atoms with Crippen LogP contribution in [0.5, 0.6) is 0 Å². The first-order valence-corrected chi connectivity index (χ1v) is 5.36. The van der Waals surface area contributed by atoms with Crippen molar-refractivity contribution in [3.05, 3.63) is 51.4 Å². The van der Waals surface area contributed by atoms with Gasteiger partial charge in [0.15, 0.2) is 0 Å². The highest BCUT2D eigenvalue weighted by molar-refractivity contribution is 9.10. The third-order valence-electron chi connectivity index (χ3n) is 2.31. The second-order valence-electron chi connectivity index (χ2n) is 3.49. The average Bonchev–Trinajstić information content (AvgIpc) is 2.16. The standard InChI is InChI=1S/C12H10BrNO/c1-7(2)8-4-3-5-9-10(8)6-11(15)14-12(9)13/h3-6H,1H2,2H3,(H,14,15). The van der Waals surface area contributed by atoms with Crippen molar-refractivity contribution in [1.29, 1.82) is 0 Å². The largest absolute Gasteiger partial charge is 0.316 e. The van der Waals surface area contributed by atoms with E-state index in [1.807, 2.05) is 25.1 Å². The second-order valence-corrected chi connectivity index (χ2v) is 4.29. The Balaban J connectivity index is 2.97. The van der Waals surface area contributed by atoms with Gasteiger partial charge >= 0.3 is 0 Å². The highest BCUT2D eigenvalue weighted by Gasteiger charge is 2.05. The van der Waals surface area contributed by atoms with Crippen LogP contribution in [-0.2, 0) is 0 Å².